The third-order valence-corrected chi connectivity index (χ3v) is 14.9. The van der Waals surface area contributed by atoms with E-state index in [4.69, 9.17) is 0 Å². The van der Waals surface area contributed by atoms with Crippen LogP contribution in [0.4, 0.5) is 79.0 Å². The number of sulfone groups is 2. The number of thioether (sulfide) groups is 1. The van der Waals surface area contributed by atoms with Gasteiger partial charge >= 0.3 is 37.1 Å². The highest BCUT2D eigenvalue weighted by Crippen LogP contribution is 2.54. The van der Waals surface area contributed by atoms with Crippen molar-refractivity contribution in [3.63, 3.8) is 0 Å². The van der Waals surface area contributed by atoms with E-state index in [1.54, 1.807) is 26.0 Å². The van der Waals surface area contributed by atoms with Gasteiger partial charge in [0.25, 0.3) is 0 Å². The van der Waals surface area contributed by atoms with Crippen molar-refractivity contribution in [1.29, 1.82) is 0 Å². The molecule has 0 atom stereocenters. The topological polar surface area (TPSA) is 68.3 Å². The van der Waals surface area contributed by atoms with Crippen LogP contribution in [0.15, 0.2) is 87.5 Å². The molecule has 0 saturated heterocycles. The summed E-state index contributed by atoms with van der Waals surface area (Å²) in [5.41, 5.74) is -10.2. The Hall–Kier alpha value is -2.87. The van der Waals surface area contributed by atoms with Crippen molar-refractivity contribution in [2.24, 2.45) is 16.2 Å². The summed E-state index contributed by atoms with van der Waals surface area (Å²) in [5, 5.41) is 0.371. The van der Waals surface area contributed by atoms with Crippen LogP contribution in [0.2, 0.25) is 0 Å². The summed E-state index contributed by atoms with van der Waals surface area (Å²) < 4.78 is 276. The molecule has 26 heteroatoms. The summed E-state index contributed by atoms with van der Waals surface area (Å²) in [6.07, 6.45) is -33.6. The predicted octanol–water partition coefficient (Wildman–Crippen LogP) is 13.6. The molecule has 3 rings (SSSR count). The van der Waals surface area contributed by atoms with Crippen LogP contribution >= 0.6 is 27.7 Å². The lowest BCUT2D eigenvalue weighted by Gasteiger charge is -2.33. The highest BCUT2D eigenvalue weighted by Gasteiger charge is 2.70. The number of hydrogen-bond acceptors (Lipinski definition) is 5. The molecule has 0 saturated carbocycles. The van der Waals surface area contributed by atoms with E-state index in [1.165, 1.54) is 36.4 Å². The van der Waals surface area contributed by atoms with E-state index in [0.29, 0.717) is 33.1 Å². The molecule has 0 N–H and O–H groups in total. The summed E-state index contributed by atoms with van der Waals surface area (Å²) in [6, 6.07) is 15.4. The fourth-order valence-corrected chi connectivity index (χ4v) is 9.39. The van der Waals surface area contributed by atoms with E-state index >= 15 is 0 Å². The Kier molecular flexibility index (Phi) is 18.2. The number of aryl methyl sites for hydroxylation is 2. The molecule has 4 nitrogen and oxygen atoms in total. The number of halogens is 19. The zero-order chi connectivity index (χ0) is 49.0. The molecule has 0 unspecified atom stereocenters. The Bertz CT molecular complexity index is 2080. The van der Waals surface area contributed by atoms with Gasteiger partial charge in [0.2, 0.25) is 0 Å². The van der Waals surface area contributed by atoms with Crippen molar-refractivity contribution in [3.05, 3.63) is 89.5 Å². The number of rotatable bonds is 10. The summed E-state index contributed by atoms with van der Waals surface area (Å²) >= 11 is 3.64. The molecule has 62 heavy (non-hydrogen) atoms. The molecule has 0 aliphatic heterocycles. The van der Waals surface area contributed by atoms with E-state index in [2.05, 4.69) is 15.9 Å². The summed E-state index contributed by atoms with van der Waals surface area (Å²) in [7, 11) is -9.51. The first-order chi connectivity index (χ1) is 27.4. The molecular formula is C36H35BrF18O4S3. The Morgan fingerprint density at radius 1 is 0.435 bits per heavy atom. The Balaban J connectivity index is 0.000000466. The minimum absolute atomic E-state index is 0.154. The molecular weight excluding hydrogens is 1010 g/mol. The van der Waals surface area contributed by atoms with Gasteiger partial charge in [-0.1, -0.05) is 63.5 Å². The van der Waals surface area contributed by atoms with E-state index in [9.17, 15) is 95.9 Å². The predicted molar refractivity (Wildman–Crippen MR) is 197 cm³/mol. The molecule has 0 radical (unpaired) electrons. The van der Waals surface area contributed by atoms with Gasteiger partial charge in [-0.3, -0.25) is 0 Å². The summed E-state index contributed by atoms with van der Waals surface area (Å²) in [6.45, 7) is 3.26. The van der Waals surface area contributed by atoms with Gasteiger partial charge in [0, 0.05) is 16.0 Å². The highest BCUT2D eigenvalue weighted by atomic mass is 79.9. The van der Waals surface area contributed by atoms with Crippen LogP contribution in [-0.4, -0.2) is 71.2 Å². The molecule has 0 amide bonds. The number of hydrogen-bond donors (Lipinski definition) is 0. The second kappa shape index (κ2) is 19.7. The largest absolute Gasteiger partial charge is 0.403 e. The maximum Gasteiger partial charge on any atom is 0.403 e. The van der Waals surface area contributed by atoms with Crippen LogP contribution in [0, 0.1) is 30.1 Å². The van der Waals surface area contributed by atoms with Crippen LogP contribution in [0.5, 0.6) is 0 Å². The molecule has 3 aromatic carbocycles. The van der Waals surface area contributed by atoms with Gasteiger partial charge in [0.15, 0.2) is 35.9 Å². The average molecular weight is 1050 g/mol. The van der Waals surface area contributed by atoms with Gasteiger partial charge in [-0.15, -0.1) is 11.8 Å². The first kappa shape index (κ1) is 57.1. The van der Waals surface area contributed by atoms with Gasteiger partial charge in [-0.2, -0.15) is 79.0 Å². The minimum atomic E-state index is -5.74. The highest BCUT2D eigenvalue weighted by molar-refractivity contribution is 9.08. The standard InChI is InChI=1S/C12H11BrF6O2S.C12H12F6O2S.C12H12F6S/c1-10(11(14,15)16,12(17,18)19)7-22(20,21)9-4-2-8(6-13)3-5-9;1-8-3-5-9(6-4-8)21(19,20)7-10(2,11(13,14)15)12(16,17)18;1-8-3-5-9(6-4-8)19-7-10(2,11(13,14)15)12(16,17)18/h2-5H,6-7H2,1H3;3-6H,7H2,1-2H3;3-6H,7H2,1-2H3. The van der Waals surface area contributed by atoms with Crippen molar-refractivity contribution >= 4 is 47.4 Å². The normalized spacial score (nSPS) is 14.1. The van der Waals surface area contributed by atoms with Crippen LogP contribution in [0.25, 0.3) is 0 Å². The average Bonchev–Trinajstić information content (AvgIpc) is 3.09. The lowest BCUT2D eigenvalue weighted by atomic mass is 9.92. The minimum Gasteiger partial charge on any atom is -0.224 e. The lowest BCUT2D eigenvalue weighted by Crippen LogP contribution is -2.52. The fourth-order valence-electron chi connectivity index (χ4n) is 4.29. The monoisotopic (exact) mass is 1050 g/mol. The van der Waals surface area contributed by atoms with Gasteiger partial charge in [-0.25, -0.2) is 16.8 Å². The summed E-state index contributed by atoms with van der Waals surface area (Å²) in [5.74, 6) is -5.28. The van der Waals surface area contributed by atoms with E-state index in [0.717, 1.165) is 29.8 Å². The first-order valence-corrected chi connectivity index (χ1v) is 22.1. The SMILES string of the molecule is CC(CS(=O)(=O)c1ccc(CBr)cc1)(C(F)(F)F)C(F)(F)F.Cc1ccc(S(=O)(=O)CC(C)(C(F)(F)F)C(F)(F)F)cc1.Cc1ccc(SCC(C)(C(F)(F)F)C(F)(F)F)cc1. The third kappa shape index (κ3) is 14.1. The maximum atomic E-state index is 12.8. The number of alkyl halides is 19. The number of benzene rings is 3. The molecule has 0 fully saturated rings. The first-order valence-electron chi connectivity index (χ1n) is 16.7. The Morgan fingerprint density at radius 2 is 0.694 bits per heavy atom. The van der Waals surface area contributed by atoms with Crippen molar-refractivity contribution in [1.82, 2.24) is 0 Å². The van der Waals surface area contributed by atoms with Gasteiger partial charge in [-0.05, 0) is 76.6 Å². The second-order valence-corrected chi connectivity index (χ2v) is 19.8. The summed E-state index contributed by atoms with van der Waals surface area (Å²) in [4.78, 5) is -0.782. The third-order valence-electron chi connectivity index (χ3n) is 9.08. The van der Waals surface area contributed by atoms with E-state index in [1.807, 2.05) is 0 Å². The Morgan fingerprint density at radius 3 is 0.952 bits per heavy atom. The van der Waals surface area contributed by atoms with Crippen LogP contribution in [-0.2, 0) is 25.0 Å². The smallest absolute Gasteiger partial charge is 0.224 e. The van der Waals surface area contributed by atoms with Crippen LogP contribution in [0.1, 0.15) is 37.5 Å². The zero-order valence-corrected chi connectivity index (χ0v) is 36.3. The lowest BCUT2D eigenvalue weighted by molar-refractivity contribution is -0.326. The molecule has 354 valence electrons. The molecule has 0 aromatic heterocycles. The van der Waals surface area contributed by atoms with Gasteiger partial charge < -0.3 is 0 Å². The molecule has 0 aliphatic rings. The van der Waals surface area contributed by atoms with Crippen molar-refractivity contribution < 1.29 is 95.9 Å². The second-order valence-electron chi connectivity index (χ2n) is 14.2. The fraction of sp³-hybridized carbons (Fsp3) is 0.500. The molecule has 0 heterocycles. The van der Waals surface area contributed by atoms with Crippen LogP contribution < -0.4 is 0 Å². The molecule has 3 aromatic rings. The van der Waals surface area contributed by atoms with Crippen LogP contribution in [0.3, 0.4) is 0 Å². The van der Waals surface area contributed by atoms with Gasteiger partial charge in [0.05, 0.1) is 21.3 Å². The zero-order valence-electron chi connectivity index (χ0n) is 32.3. The quantitative estimate of drug-likeness (QED) is 0.115. The van der Waals surface area contributed by atoms with Crippen molar-refractivity contribution in [3.8, 4) is 0 Å². The van der Waals surface area contributed by atoms with Crippen molar-refractivity contribution in [2.75, 3.05) is 17.3 Å². The maximum absolute atomic E-state index is 12.8. The molecule has 0 aliphatic carbocycles. The van der Waals surface area contributed by atoms with Gasteiger partial charge in [0.1, 0.15) is 0 Å². The molecule has 0 bridgehead atoms. The molecule has 0 spiro atoms. The Labute approximate surface area is 356 Å². The van der Waals surface area contributed by atoms with Crippen molar-refractivity contribution in [2.45, 2.75) is 91.7 Å². The van der Waals surface area contributed by atoms with E-state index in [-0.39, 0.29) is 20.8 Å². The van der Waals surface area contributed by atoms with E-state index < -0.39 is 100 Å².